The monoisotopic (exact) mass is 310 g/mol. The van der Waals surface area contributed by atoms with Gasteiger partial charge in [0.25, 0.3) is 0 Å². The van der Waals surface area contributed by atoms with Gasteiger partial charge in [0.1, 0.15) is 11.4 Å². The highest BCUT2D eigenvalue weighted by Crippen LogP contribution is 2.21. The van der Waals surface area contributed by atoms with Crippen LogP contribution in [0.4, 0.5) is 5.82 Å². The number of hydrogen-bond donors (Lipinski definition) is 2. The summed E-state index contributed by atoms with van der Waals surface area (Å²) < 4.78 is 5.24. The lowest BCUT2D eigenvalue weighted by molar-refractivity contribution is -0.147. The average Bonchev–Trinajstić information content (AvgIpc) is 2.55. The van der Waals surface area contributed by atoms with Crippen LogP contribution < -0.4 is 10.9 Å². The number of carbonyl (C=O) groups excluding carboxylic acids is 1. The van der Waals surface area contributed by atoms with Crippen molar-refractivity contribution in [2.45, 2.75) is 0 Å². The molecule has 114 valence electrons. The summed E-state index contributed by atoms with van der Waals surface area (Å²) in [5.41, 5.74) is 0.803. The lowest BCUT2D eigenvalue weighted by Gasteiger charge is -2.04. The second-order valence-electron chi connectivity index (χ2n) is 4.68. The number of amides is 1. The van der Waals surface area contributed by atoms with Crippen LogP contribution in [0.5, 0.6) is 0 Å². The highest BCUT2D eigenvalue weighted by molar-refractivity contribution is 6.36. The molecule has 0 atom stereocenters. The van der Waals surface area contributed by atoms with Crippen LogP contribution in [0, 0.1) is 0 Å². The molecule has 0 fully saturated rings. The van der Waals surface area contributed by atoms with Gasteiger partial charge in [-0.25, -0.2) is 14.6 Å². The number of carboxylic acid groups (broad SMARTS) is 1. The summed E-state index contributed by atoms with van der Waals surface area (Å²) >= 11 is 0. The number of carbonyl (C=O) groups is 2. The molecular formula is C16H10N2O5. The van der Waals surface area contributed by atoms with Crippen molar-refractivity contribution in [1.29, 1.82) is 0 Å². The smallest absolute Gasteiger partial charge is 0.394 e. The Bertz CT molecular complexity index is 960. The number of para-hydroxylation sites is 1. The normalized spacial score (nSPS) is 10.4. The van der Waals surface area contributed by atoms with Gasteiger partial charge in [-0.05, 0) is 24.3 Å². The van der Waals surface area contributed by atoms with Gasteiger partial charge in [0, 0.05) is 17.1 Å². The molecule has 3 rings (SSSR count). The zero-order valence-corrected chi connectivity index (χ0v) is 11.6. The molecule has 0 aliphatic heterocycles. The Balaban J connectivity index is 1.96. The van der Waals surface area contributed by atoms with Crippen LogP contribution in [0.15, 0.2) is 57.9 Å². The van der Waals surface area contributed by atoms with Gasteiger partial charge in [-0.3, -0.25) is 4.79 Å². The van der Waals surface area contributed by atoms with E-state index in [0.29, 0.717) is 16.7 Å². The van der Waals surface area contributed by atoms with E-state index >= 15 is 0 Å². The molecule has 0 saturated carbocycles. The third-order valence-corrected chi connectivity index (χ3v) is 3.15. The molecule has 7 nitrogen and oxygen atoms in total. The average molecular weight is 310 g/mol. The van der Waals surface area contributed by atoms with Gasteiger partial charge in [0.15, 0.2) is 0 Å². The first-order chi connectivity index (χ1) is 11.0. The molecule has 0 radical (unpaired) electrons. The zero-order chi connectivity index (χ0) is 16.4. The largest absolute Gasteiger partial charge is 0.474 e. The summed E-state index contributed by atoms with van der Waals surface area (Å²) in [5, 5.41) is 11.4. The van der Waals surface area contributed by atoms with Crippen molar-refractivity contribution in [2.75, 3.05) is 5.32 Å². The van der Waals surface area contributed by atoms with Crippen molar-refractivity contribution < 1.29 is 19.1 Å². The van der Waals surface area contributed by atoms with Crippen molar-refractivity contribution in [1.82, 2.24) is 4.98 Å². The quantitative estimate of drug-likeness (QED) is 0.552. The van der Waals surface area contributed by atoms with Crippen molar-refractivity contribution in [3.8, 4) is 11.1 Å². The van der Waals surface area contributed by atoms with E-state index in [-0.39, 0.29) is 5.82 Å². The van der Waals surface area contributed by atoms with Crippen LogP contribution in [-0.2, 0) is 9.59 Å². The van der Waals surface area contributed by atoms with E-state index < -0.39 is 17.5 Å². The molecule has 0 unspecified atom stereocenters. The maximum absolute atomic E-state index is 12.0. The number of hydrogen-bond acceptors (Lipinski definition) is 5. The van der Waals surface area contributed by atoms with E-state index in [4.69, 9.17) is 9.52 Å². The fourth-order valence-electron chi connectivity index (χ4n) is 2.06. The zero-order valence-electron chi connectivity index (χ0n) is 11.6. The van der Waals surface area contributed by atoms with Crippen LogP contribution in [0.2, 0.25) is 0 Å². The Kier molecular flexibility index (Phi) is 3.60. The van der Waals surface area contributed by atoms with Crippen molar-refractivity contribution >= 4 is 28.7 Å². The molecule has 0 saturated heterocycles. The molecule has 1 aromatic carbocycles. The number of aliphatic carboxylic acids is 1. The van der Waals surface area contributed by atoms with Crippen LogP contribution in [0.3, 0.4) is 0 Å². The summed E-state index contributed by atoms with van der Waals surface area (Å²) in [7, 11) is 0. The van der Waals surface area contributed by atoms with E-state index in [9.17, 15) is 14.4 Å². The van der Waals surface area contributed by atoms with Crippen LogP contribution in [-0.4, -0.2) is 22.0 Å². The number of carboxylic acids is 1. The number of benzene rings is 1. The Morgan fingerprint density at radius 3 is 2.61 bits per heavy atom. The van der Waals surface area contributed by atoms with E-state index in [0.717, 1.165) is 5.39 Å². The summed E-state index contributed by atoms with van der Waals surface area (Å²) in [6.45, 7) is 0. The number of nitrogens with one attached hydrogen (secondary N) is 1. The minimum Gasteiger partial charge on any atom is -0.474 e. The molecular weight excluding hydrogens is 300 g/mol. The van der Waals surface area contributed by atoms with E-state index in [1.54, 1.807) is 24.3 Å². The molecule has 2 heterocycles. The van der Waals surface area contributed by atoms with Crippen molar-refractivity contribution in [3.63, 3.8) is 0 Å². The van der Waals surface area contributed by atoms with Crippen molar-refractivity contribution in [2.24, 2.45) is 0 Å². The predicted molar refractivity (Wildman–Crippen MR) is 82.0 cm³/mol. The van der Waals surface area contributed by atoms with Gasteiger partial charge in [0.2, 0.25) is 0 Å². The molecule has 3 aromatic rings. The highest BCUT2D eigenvalue weighted by Gasteiger charge is 2.12. The number of pyridine rings is 1. The van der Waals surface area contributed by atoms with Gasteiger partial charge in [0.05, 0.1) is 5.56 Å². The first kappa shape index (κ1) is 14.5. The lowest BCUT2D eigenvalue weighted by atomic mass is 10.1. The second-order valence-corrected chi connectivity index (χ2v) is 4.68. The third-order valence-electron chi connectivity index (χ3n) is 3.15. The molecule has 0 bridgehead atoms. The van der Waals surface area contributed by atoms with Gasteiger partial charge in [-0.2, -0.15) is 0 Å². The molecule has 0 aliphatic rings. The Morgan fingerprint density at radius 1 is 1.13 bits per heavy atom. The van der Waals surface area contributed by atoms with Crippen LogP contribution in [0.25, 0.3) is 22.1 Å². The Labute approximate surface area is 129 Å². The number of nitrogens with zero attached hydrogens (tertiary/aromatic N) is 1. The Hall–Kier alpha value is -3.48. The Morgan fingerprint density at radius 2 is 1.91 bits per heavy atom. The number of aromatic nitrogens is 1. The number of anilines is 1. The lowest BCUT2D eigenvalue weighted by Crippen LogP contribution is -2.22. The van der Waals surface area contributed by atoms with Gasteiger partial charge in [-0.1, -0.05) is 18.2 Å². The summed E-state index contributed by atoms with van der Waals surface area (Å²) in [6.07, 6.45) is 1.36. The van der Waals surface area contributed by atoms with Gasteiger partial charge < -0.3 is 14.8 Å². The fraction of sp³-hybridized carbons (Fsp3) is 0. The third kappa shape index (κ3) is 2.93. The van der Waals surface area contributed by atoms with E-state index in [2.05, 4.69) is 10.3 Å². The highest BCUT2D eigenvalue weighted by atomic mass is 16.4. The maximum atomic E-state index is 12.0. The summed E-state index contributed by atoms with van der Waals surface area (Å²) in [6, 6.07) is 11.8. The van der Waals surface area contributed by atoms with Crippen LogP contribution >= 0.6 is 0 Å². The maximum Gasteiger partial charge on any atom is 0.394 e. The number of fused-ring (bicyclic) bond motifs is 1. The molecule has 0 spiro atoms. The van der Waals surface area contributed by atoms with E-state index in [1.165, 1.54) is 12.3 Å². The molecule has 7 heteroatoms. The van der Waals surface area contributed by atoms with Crippen molar-refractivity contribution in [3.05, 3.63) is 59.1 Å². The summed E-state index contributed by atoms with van der Waals surface area (Å²) in [5.74, 6) is -2.71. The molecule has 2 N–H and O–H groups in total. The first-order valence-electron chi connectivity index (χ1n) is 6.58. The van der Waals surface area contributed by atoms with E-state index in [1.807, 2.05) is 12.1 Å². The summed E-state index contributed by atoms with van der Waals surface area (Å²) in [4.78, 5) is 37.5. The predicted octanol–water partition coefficient (Wildman–Crippen LogP) is 1.88. The van der Waals surface area contributed by atoms with Crippen LogP contribution in [0.1, 0.15) is 0 Å². The second kappa shape index (κ2) is 5.72. The molecule has 1 amide bonds. The standard InChI is InChI=1S/C16H10N2O5/c19-14(15(20)21)18-13-6-5-10(8-17-13)11-7-9-3-1-2-4-12(9)23-16(11)22/h1-8H,(H,20,21)(H,17,18,19). The first-order valence-corrected chi connectivity index (χ1v) is 6.58. The van der Waals surface area contributed by atoms with Gasteiger partial charge in [-0.15, -0.1) is 0 Å². The minimum atomic E-state index is -1.61. The fourth-order valence-corrected chi connectivity index (χ4v) is 2.06. The minimum absolute atomic E-state index is 0.0753. The molecule has 23 heavy (non-hydrogen) atoms. The molecule has 0 aliphatic carbocycles. The molecule has 2 aromatic heterocycles. The van der Waals surface area contributed by atoms with Gasteiger partial charge >= 0.3 is 17.5 Å². The topological polar surface area (TPSA) is 109 Å². The number of rotatable bonds is 2. The SMILES string of the molecule is O=C(O)C(=O)Nc1ccc(-c2cc3ccccc3oc2=O)cn1.